The quantitative estimate of drug-likeness (QED) is 0.609. The summed E-state index contributed by atoms with van der Waals surface area (Å²) in [7, 11) is 0. The molecule has 1 heterocycles. The number of nitrogens with zero attached hydrogens (tertiary/aromatic N) is 2. The molecule has 0 spiro atoms. The zero-order chi connectivity index (χ0) is 17.8. The molecule has 4 nitrogen and oxygen atoms in total. The van der Waals surface area contributed by atoms with Gasteiger partial charge in [0.2, 0.25) is 5.95 Å². The summed E-state index contributed by atoms with van der Waals surface area (Å²) in [4.78, 5) is 8.71. The lowest BCUT2D eigenvalue weighted by Gasteiger charge is -2.11. The van der Waals surface area contributed by atoms with Crippen molar-refractivity contribution in [3.8, 4) is 0 Å². The van der Waals surface area contributed by atoms with Crippen molar-refractivity contribution in [1.82, 2.24) is 9.97 Å². The molecule has 128 valence electrons. The molecular weight excluding hydrogens is 362 g/mol. The minimum atomic E-state index is -0.267. The molecular formula is C18H15Cl2FN4. The van der Waals surface area contributed by atoms with Gasteiger partial charge in [-0.3, -0.25) is 0 Å². The van der Waals surface area contributed by atoms with Crippen molar-refractivity contribution in [3.63, 3.8) is 0 Å². The first-order chi connectivity index (χ1) is 12.0. The van der Waals surface area contributed by atoms with Crippen LogP contribution in [-0.2, 0) is 6.54 Å². The van der Waals surface area contributed by atoms with Gasteiger partial charge < -0.3 is 10.6 Å². The number of halogens is 3. The molecule has 7 heteroatoms. The van der Waals surface area contributed by atoms with E-state index in [1.54, 1.807) is 42.5 Å². The first kappa shape index (κ1) is 17.5. The number of aromatic nitrogens is 2. The number of nitrogens with one attached hydrogen (secondary N) is 2. The predicted molar refractivity (Wildman–Crippen MR) is 100 cm³/mol. The summed E-state index contributed by atoms with van der Waals surface area (Å²) in [6.45, 7) is 2.15. The van der Waals surface area contributed by atoms with Gasteiger partial charge in [0.15, 0.2) is 0 Å². The van der Waals surface area contributed by atoms with E-state index >= 15 is 0 Å². The van der Waals surface area contributed by atoms with Gasteiger partial charge in [-0.1, -0.05) is 41.4 Å². The van der Waals surface area contributed by atoms with Crippen LogP contribution in [0.4, 0.5) is 21.8 Å². The van der Waals surface area contributed by atoms with Gasteiger partial charge in [0, 0.05) is 29.6 Å². The van der Waals surface area contributed by atoms with E-state index in [9.17, 15) is 4.39 Å². The number of hydrogen-bond donors (Lipinski definition) is 2. The van der Waals surface area contributed by atoms with Crippen LogP contribution in [0.1, 0.15) is 11.3 Å². The van der Waals surface area contributed by atoms with E-state index in [2.05, 4.69) is 20.6 Å². The molecule has 0 aliphatic carbocycles. The van der Waals surface area contributed by atoms with Gasteiger partial charge in [-0.25, -0.2) is 9.37 Å². The first-order valence-electron chi connectivity index (χ1n) is 7.56. The zero-order valence-corrected chi connectivity index (χ0v) is 14.9. The van der Waals surface area contributed by atoms with Crippen molar-refractivity contribution in [2.75, 3.05) is 10.6 Å². The second-order valence-corrected chi connectivity index (χ2v) is 6.23. The van der Waals surface area contributed by atoms with Crippen molar-refractivity contribution < 1.29 is 4.39 Å². The second kappa shape index (κ2) is 7.68. The molecule has 0 amide bonds. The molecule has 0 atom stereocenters. The number of hydrogen-bond acceptors (Lipinski definition) is 4. The van der Waals surface area contributed by atoms with Crippen molar-refractivity contribution in [3.05, 3.63) is 75.7 Å². The second-order valence-electron chi connectivity index (χ2n) is 5.42. The van der Waals surface area contributed by atoms with Gasteiger partial charge in [-0.15, -0.1) is 0 Å². The van der Waals surface area contributed by atoms with Crippen LogP contribution in [-0.4, -0.2) is 9.97 Å². The van der Waals surface area contributed by atoms with Gasteiger partial charge in [0.1, 0.15) is 11.6 Å². The van der Waals surface area contributed by atoms with Gasteiger partial charge in [0.25, 0.3) is 0 Å². The van der Waals surface area contributed by atoms with E-state index in [1.807, 2.05) is 6.92 Å². The Morgan fingerprint density at radius 2 is 1.80 bits per heavy atom. The SMILES string of the molecule is Cc1cc(Nc2ccc(Cl)c(Cl)c2)nc(NCc2ccccc2F)n1. The Labute approximate surface area is 155 Å². The van der Waals surface area contributed by atoms with Crippen molar-refractivity contribution in [2.45, 2.75) is 13.5 Å². The maximum atomic E-state index is 13.7. The lowest BCUT2D eigenvalue weighted by Crippen LogP contribution is -2.07. The van der Waals surface area contributed by atoms with E-state index in [0.717, 1.165) is 11.4 Å². The zero-order valence-electron chi connectivity index (χ0n) is 13.4. The Bertz CT molecular complexity index is 902. The highest BCUT2D eigenvalue weighted by molar-refractivity contribution is 6.42. The van der Waals surface area contributed by atoms with E-state index in [4.69, 9.17) is 23.2 Å². The molecule has 1 aromatic heterocycles. The maximum Gasteiger partial charge on any atom is 0.225 e. The minimum absolute atomic E-state index is 0.267. The van der Waals surface area contributed by atoms with Gasteiger partial charge in [0.05, 0.1) is 10.0 Å². The third kappa shape index (κ3) is 4.59. The van der Waals surface area contributed by atoms with Crippen LogP contribution >= 0.6 is 23.2 Å². The van der Waals surface area contributed by atoms with Crippen LogP contribution in [0.2, 0.25) is 10.0 Å². The van der Waals surface area contributed by atoms with Crippen LogP contribution < -0.4 is 10.6 Å². The van der Waals surface area contributed by atoms with E-state index in [1.165, 1.54) is 6.07 Å². The number of rotatable bonds is 5. The van der Waals surface area contributed by atoms with Crippen molar-refractivity contribution in [2.24, 2.45) is 0 Å². The normalized spacial score (nSPS) is 10.6. The number of aryl methyl sites for hydroxylation is 1. The van der Waals surface area contributed by atoms with Gasteiger partial charge in [-0.2, -0.15) is 4.98 Å². The highest BCUT2D eigenvalue weighted by Gasteiger charge is 2.06. The molecule has 2 N–H and O–H groups in total. The highest BCUT2D eigenvalue weighted by atomic mass is 35.5. The third-order valence-corrected chi connectivity index (χ3v) is 4.18. The fourth-order valence-electron chi connectivity index (χ4n) is 2.25. The lowest BCUT2D eigenvalue weighted by atomic mass is 10.2. The number of anilines is 3. The fourth-order valence-corrected chi connectivity index (χ4v) is 2.55. The standard InChI is InChI=1S/C18H15Cl2FN4/c1-11-8-17(24-13-6-7-14(19)15(20)9-13)25-18(23-11)22-10-12-4-2-3-5-16(12)21/h2-9H,10H2,1H3,(H2,22,23,24,25). The van der Waals surface area contributed by atoms with E-state index in [-0.39, 0.29) is 5.82 Å². The smallest absolute Gasteiger partial charge is 0.225 e. The molecule has 0 unspecified atom stereocenters. The molecule has 0 fully saturated rings. The van der Waals surface area contributed by atoms with Crippen molar-refractivity contribution in [1.29, 1.82) is 0 Å². The Hall–Kier alpha value is -2.37. The Kier molecular flexibility index (Phi) is 5.36. The Balaban J connectivity index is 1.76. The summed E-state index contributed by atoms with van der Waals surface area (Å²) in [5.74, 6) is 0.740. The van der Waals surface area contributed by atoms with Crippen LogP contribution in [0.5, 0.6) is 0 Å². The first-order valence-corrected chi connectivity index (χ1v) is 8.32. The summed E-state index contributed by atoms with van der Waals surface area (Å²) in [6, 6.07) is 13.6. The monoisotopic (exact) mass is 376 g/mol. The predicted octanol–water partition coefficient (Wildman–Crippen LogP) is 5.59. The molecule has 3 aromatic rings. The van der Waals surface area contributed by atoms with E-state index in [0.29, 0.717) is 33.9 Å². The fraction of sp³-hybridized carbons (Fsp3) is 0.111. The molecule has 3 rings (SSSR count). The van der Waals surface area contributed by atoms with Crippen LogP contribution in [0, 0.1) is 12.7 Å². The average Bonchev–Trinajstić information content (AvgIpc) is 2.57. The molecule has 0 saturated carbocycles. The molecule has 25 heavy (non-hydrogen) atoms. The summed E-state index contributed by atoms with van der Waals surface area (Å²) in [5, 5.41) is 7.13. The average molecular weight is 377 g/mol. The molecule has 0 saturated heterocycles. The topological polar surface area (TPSA) is 49.8 Å². The molecule has 0 bridgehead atoms. The van der Waals surface area contributed by atoms with Gasteiger partial charge in [-0.05, 0) is 31.2 Å². The summed E-state index contributed by atoms with van der Waals surface area (Å²) >= 11 is 11.9. The lowest BCUT2D eigenvalue weighted by molar-refractivity contribution is 0.612. The highest BCUT2D eigenvalue weighted by Crippen LogP contribution is 2.26. The van der Waals surface area contributed by atoms with Crippen LogP contribution in [0.3, 0.4) is 0 Å². The molecule has 2 aromatic carbocycles. The largest absolute Gasteiger partial charge is 0.350 e. The van der Waals surface area contributed by atoms with Crippen molar-refractivity contribution >= 4 is 40.7 Å². The molecule has 0 aliphatic rings. The van der Waals surface area contributed by atoms with Crippen LogP contribution in [0.25, 0.3) is 0 Å². The maximum absolute atomic E-state index is 13.7. The summed E-state index contributed by atoms with van der Waals surface area (Å²) in [5.41, 5.74) is 2.08. The minimum Gasteiger partial charge on any atom is -0.350 e. The summed E-state index contributed by atoms with van der Waals surface area (Å²) < 4.78 is 13.7. The van der Waals surface area contributed by atoms with Crippen LogP contribution in [0.15, 0.2) is 48.5 Å². The Morgan fingerprint density at radius 3 is 2.56 bits per heavy atom. The van der Waals surface area contributed by atoms with E-state index < -0.39 is 0 Å². The number of benzene rings is 2. The molecule has 0 radical (unpaired) electrons. The Morgan fingerprint density at radius 1 is 1.00 bits per heavy atom. The molecule has 0 aliphatic heterocycles. The summed E-state index contributed by atoms with van der Waals surface area (Å²) in [6.07, 6.45) is 0. The van der Waals surface area contributed by atoms with Gasteiger partial charge >= 0.3 is 0 Å². The third-order valence-electron chi connectivity index (χ3n) is 3.44.